The van der Waals surface area contributed by atoms with Gasteiger partial charge in [-0.2, -0.15) is 0 Å². The number of hydrogen-bond donors (Lipinski definition) is 0. The van der Waals surface area contributed by atoms with Crippen molar-refractivity contribution in [3.05, 3.63) is 264 Å². The van der Waals surface area contributed by atoms with Crippen molar-refractivity contribution in [3.8, 4) is 0 Å². The van der Waals surface area contributed by atoms with E-state index in [9.17, 15) is 0 Å². The Morgan fingerprint density at radius 3 is 2.15 bits per heavy atom. The van der Waals surface area contributed by atoms with Crippen LogP contribution in [-0.4, -0.2) is 39.9 Å². The summed E-state index contributed by atoms with van der Waals surface area (Å²) in [4.78, 5) is 10.4. The van der Waals surface area contributed by atoms with Crippen LogP contribution in [0.3, 0.4) is 0 Å². The monoisotopic (exact) mass is 1090 g/mol. The molecule has 7 aliphatic carbocycles. The van der Waals surface area contributed by atoms with Crippen molar-refractivity contribution in [2.24, 2.45) is 23.7 Å². The predicted molar refractivity (Wildman–Crippen MR) is 357 cm³/mol. The summed E-state index contributed by atoms with van der Waals surface area (Å²) in [6.07, 6.45) is 84.8. The molecular weight excluding hydrogens is 993 g/mol. The van der Waals surface area contributed by atoms with Crippen LogP contribution in [0.4, 0.5) is 5.69 Å². The molecular formula is C78H100N4. The maximum absolute atomic E-state index is 4.09. The van der Waals surface area contributed by atoms with Crippen molar-refractivity contribution in [1.82, 2.24) is 14.7 Å². The minimum Gasteiger partial charge on any atom is -0.365 e. The second-order valence-corrected chi connectivity index (χ2v) is 24.0. The van der Waals surface area contributed by atoms with E-state index in [0.29, 0.717) is 35.8 Å². The van der Waals surface area contributed by atoms with E-state index < -0.39 is 0 Å². The Hall–Kier alpha value is -6.78. The Balaban J connectivity index is 0.927. The van der Waals surface area contributed by atoms with Crippen molar-refractivity contribution in [1.29, 1.82) is 0 Å². The van der Waals surface area contributed by atoms with Gasteiger partial charge in [0.2, 0.25) is 0 Å². The Morgan fingerprint density at radius 2 is 1.48 bits per heavy atom. The lowest BCUT2D eigenvalue weighted by atomic mass is 9.83. The first-order chi connectivity index (χ1) is 40.2. The fraction of sp³-hybridized carbons (Fsp3) is 0.410. The van der Waals surface area contributed by atoms with E-state index in [2.05, 4.69) is 257 Å². The zero-order chi connectivity index (χ0) is 57.5. The minimum absolute atomic E-state index is 0.310. The molecule has 4 nitrogen and oxygen atoms in total. The summed E-state index contributed by atoms with van der Waals surface area (Å²) < 4.78 is 0. The highest BCUT2D eigenvalue weighted by atomic mass is 15.2. The molecule has 6 unspecified atom stereocenters. The van der Waals surface area contributed by atoms with Crippen LogP contribution in [0.1, 0.15) is 163 Å². The molecule has 0 aliphatic heterocycles. The molecule has 0 fully saturated rings. The molecule has 0 amide bonds. The molecule has 0 aromatic heterocycles. The molecule has 1 aromatic carbocycles. The first-order valence-corrected chi connectivity index (χ1v) is 31.9. The molecule has 0 saturated heterocycles. The fourth-order valence-electron chi connectivity index (χ4n) is 13.1. The first-order valence-electron chi connectivity index (χ1n) is 31.9. The van der Waals surface area contributed by atoms with Crippen LogP contribution in [-0.2, 0) is 0 Å². The summed E-state index contributed by atoms with van der Waals surface area (Å²) >= 11 is 0. The highest BCUT2D eigenvalue weighted by Gasteiger charge is 2.29. The van der Waals surface area contributed by atoms with Gasteiger partial charge >= 0.3 is 0 Å². The van der Waals surface area contributed by atoms with Crippen LogP contribution in [0.2, 0.25) is 0 Å². The number of nitrogens with zero attached hydrogens (tertiary/aromatic N) is 4. The van der Waals surface area contributed by atoms with E-state index in [1.807, 2.05) is 12.2 Å². The quantitative estimate of drug-likeness (QED) is 0.0643. The van der Waals surface area contributed by atoms with Crippen LogP contribution in [0, 0.1) is 23.7 Å². The lowest BCUT2D eigenvalue weighted by Gasteiger charge is -2.39. The van der Waals surface area contributed by atoms with Crippen LogP contribution < -0.4 is 4.90 Å². The highest BCUT2D eigenvalue weighted by Crippen LogP contribution is 2.40. The van der Waals surface area contributed by atoms with Gasteiger partial charge in [-0.15, -0.1) is 6.58 Å². The largest absolute Gasteiger partial charge is 0.365 e. The van der Waals surface area contributed by atoms with Gasteiger partial charge in [0, 0.05) is 58.7 Å². The molecule has 432 valence electrons. The van der Waals surface area contributed by atoms with Crippen LogP contribution in [0.15, 0.2) is 259 Å². The summed E-state index contributed by atoms with van der Waals surface area (Å²) in [5.74, 6) is 2.26. The Morgan fingerprint density at radius 1 is 0.671 bits per heavy atom. The van der Waals surface area contributed by atoms with Gasteiger partial charge in [0.15, 0.2) is 0 Å². The van der Waals surface area contributed by atoms with Gasteiger partial charge in [-0.3, -0.25) is 0 Å². The topological polar surface area (TPSA) is 13.0 Å². The average Bonchev–Trinajstić information content (AvgIpc) is 3.70. The van der Waals surface area contributed by atoms with Crippen LogP contribution in [0.5, 0.6) is 0 Å². The number of anilines is 1. The molecule has 0 bridgehead atoms. The van der Waals surface area contributed by atoms with Crippen molar-refractivity contribution in [2.45, 2.75) is 169 Å². The second kappa shape index (κ2) is 32.2. The summed E-state index contributed by atoms with van der Waals surface area (Å²) in [5.41, 5.74) is 16.7. The first kappa shape index (κ1) is 61.3. The van der Waals surface area contributed by atoms with Crippen LogP contribution >= 0.6 is 0 Å². The average molecular weight is 1090 g/mol. The third kappa shape index (κ3) is 17.4. The molecule has 0 heterocycles. The standard InChI is InChI=1S/C78H100N4/c1-9-13-34-70(28-12-4)80(76-39-22-29-61(5)58-76)57-25-33-65(26-10-2)32-20-21-56-79(71-35-16-14-17-36-71)64(8)42-43-66(27-11-3)67-44-50-73(51-45-67)81(72-37-18-15-19-38-72)74-52-46-68(47-53-74)69-48-54-75(55-49-69)82(77-40-23-30-62(6)59-77)78-41-24-31-63(7)60-78/h9-10,14-18,20-23,25-26,28-30,33,35,37,39-40,42-43,46-50,52,54-55,60-63,67,71,74H,1-2,11-13,19,24,27,31-32,34,36,38,41,44-45,51,53,56-59H2,3-8H3/b21-20-,33-25-,64-42+,65-26-,66-43+,70-28+. The molecule has 82 heavy (non-hydrogen) atoms. The van der Waals surface area contributed by atoms with E-state index in [4.69, 9.17) is 0 Å². The van der Waals surface area contributed by atoms with E-state index in [0.717, 1.165) is 109 Å². The van der Waals surface area contributed by atoms with Gasteiger partial charge < -0.3 is 19.6 Å². The van der Waals surface area contributed by atoms with Gasteiger partial charge in [-0.05, 0) is 193 Å². The van der Waals surface area contributed by atoms with Crippen molar-refractivity contribution in [3.63, 3.8) is 0 Å². The smallest absolute Gasteiger partial charge is 0.0553 e. The van der Waals surface area contributed by atoms with Crippen molar-refractivity contribution >= 4 is 11.3 Å². The molecule has 1 aromatic rings. The summed E-state index contributed by atoms with van der Waals surface area (Å²) in [7, 11) is 0. The van der Waals surface area contributed by atoms with Gasteiger partial charge in [0.1, 0.15) is 0 Å². The number of hydrogen-bond acceptors (Lipinski definition) is 4. The number of benzene rings is 1. The molecule has 8 rings (SSSR count). The number of allylic oxidation sites excluding steroid dienone is 32. The van der Waals surface area contributed by atoms with Gasteiger partial charge in [0.25, 0.3) is 0 Å². The molecule has 4 heteroatoms. The van der Waals surface area contributed by atoms with Crippen molar-refractivity contribution in [2.75, 3.05) is 18.0 Å². The molecule has 0 saturated carbocycles. The Bertz CT molecular complexity index is 2910. The van der Waals surface area contributed by atoms with E-state index in [-0.39, 0.29) is 0 Å². The zero-order valence-corrected chi connectivity index (χ0v) is 51.3. The van der Waals surface area contributed by atoms with Gasteiger partial charge in [-0.1, -0.05) is 211 Å². The lowest BCUT2D eigenvalue weighted by molar-refractivity contribution is 0.317. The maximum Gasteiger partial charge on any atom is 0.0553 e. The normalized spacial score (nSPS) is 24.2. The lowest BCUT2D eigenvalue weighted by Crippen LogP contribution is -2.34. The second-order valence-electron chi connectivity index (χ2n) is 24.0. The zero-order valence-electron chi connectivity index (χ0n) is 51.3. The summed E-state index contributed by atoms with van der Waals surface area (Å²) in [6, 6.07) is 10.1. The molecule has 6 atom stereocenters. The third-order valence-corrected chi connectivity index (χ3v) is 17.5. The number of rotatable bonds is 27. The highest BCUT2D eigenvalue weighted by molar-refractivity contribution is 5.77. The molecule has 7 aliphatic rings. The van der Waals surface area contributed by atoms with E-state index in [1.54, 1.807) is 5.57 Å². The van der Waals surface area contributed by atoms with E-state index >= 15 is 0 Å². The maximum atomic E-state index is 4.09. The molecule has 0 spiro atoms. The van der Waals surface area contributed by atoms with Crippen molar-refractivity contribution < 1.29 is 0 Å². The van der Waals surface area contributed by atoms with Gasteiger partial charge in [0.05, 0.1) is 12.1 Å². The Labute approximate surface area is 498 Å². The predicted octanol–water partition coefficient (Wildman–Crippen LogP) is 21.1. The van der Waals surface area contributed by atoms with Crippen LogP contribution in [0.25, 0.3) is 5.57 Å². The Kier molecular flexibility index (Phi) is 24.0. The van der Waals surface area contributed by atoms with Gasteiger partial charge in [-0.25, -0.2) is 0 Å². The minimum atomic E-state index is 0.310. The van der Waals surface area contributed by atoms with E-state index in [1.165, 1.54) is 81.5 Å². The fourth-order valence-corrected chi connectivity index (χ4v) is 13.1. The molecule has 0 N–H and O–H groups in total. The SMILES string of the molecule is C=C/C=C(\C=C/CN(C1=CC=CC(C)C1)/C(=C/CC)CCC=C)C/C=C\CN(/C(C)=C/C=C(\CCC)C1CC=C(N(C2=CC=CCC2)C2C=CC(c3ccc(N(C4=CC(C)CCC4)C4=CC=CC(C)C4)cc3)=CC2)CC1)C1C=CC=CC1. The molecule has 0 radical (unpaired) electrons. The third-order valence-electron chi connectivity index (χ3n) is 17.5. The summed E-state index contributed by atoms with van der Waals surface area (Å²) in [6.45, 7) is 23.7. The summed E-state index contributed by atoms with van der Waals surface area (Å²) in [5, 5.41) is 0.